The van der Waals surface area contributed by atoms with Gasteiger partial charge < -0.3 is 33.2 Å². The topological polar surface area (TPSA) is 109 Å². The van der Waals surface area contributed by atoms with Crippen molar-refractivity contribution < 1.29 is 37.8 Å². The lowest BCUT2D eigenvalue weighted by molar-refractivity contribution is -0.150. The lowest BCUT2D eigenvalue weighted by Crippen LogP contribution is -2.45. The third-order valence-electron chi connectivity index (χ3n) is 9.80. The number of benzene rings is 2. The number of rotatable bonds is 8. The van der Waals surface area contributed by atoms with Gasteiger partial charge in [-0.3, -0.25) is 14.5 Å². The minimum absolute atomic E-state index is 0.0550. The zero-order valence-corrected chi connectivity index (χ0v) is 26.6. The predicted octanol–water partition coefficient (Wildman–Crippen LogP) is 4.35. The van der Waals surface area contributed by atoms with Crippen LogP contribution in [0.25, 0.3) is 0 Å². The summed E-state index contributed by atoms with van der Waals surface area (Å²) in [6, 6.07) is 12.6. The highest BCUT2D eigenvalue weighted by Gasteiger charge is 2.67. The maximum Gasteiger partial charge on any atom is 0.414 e. The van der Waals surface area contributed by atoms with Gasteiger partial charge in [0.1, 0.15) is 12.4 Å². The molecule has 0 unspecified atom stereocenters. The number of cyclic esters (lactones) is 1. The van der Waals surface area contributed by atoms with E-state index in [1.54, 1.807) is 47.0 Å². The van der Waals surface area contributed by atoms with Crippen LogP contribution in [-0.2, 0) is 31.2 Å². The molecule has 4 aliphatic heterocycles. The molecule has 1 spiro atoms. The van der Waals surface area contributed by atoms with Gasteiger partial charge in [0.15, 0.2) is 5.60 Å². The maximum absolute atomic E-state index is 16.2. The third-order valence-corrected chi connectivity index (χ3v) is 12.3. The molecule has 3 fully saturated rings. The van der Waals surface area contributed by atoms with Crippen molar-refractivity contribution in [3.05, 3.63) is 53.6 Å². The second-order valence-corrected chi connectivity index (χ2v) is 16.5. The smallest absolute Gasteiger partial charge is 0.414 e. The van der Waals surface area contributed by atoms with Crippen molar-refractivity contribution in [1.82, 2.24) is 4.90 Å². The quantitative estimate of drug-likeness (QED) is 0.343. The standard InChI is InChI=1S/C32H40FN3O7Si/c1-20-29(44(3,4)33)27(17-28(38)34-13-5-6-23(34)19-37)43-32(20)25-16-24(41-2)11-12-26(25)36(30(32)39)18-21-7-9-22(10-8-21)35-14-15-42-31(35)40/h7-12,16,20,23,27,29,37H,5-6,13-15,17-19H2,1-4H3/t20-,23-,27+,29-,32+/m0/s1. The number of methoxy groups -OCH3 is 1. The molecule has 4 aliphatic rings. The maximum atomic E-state index is 16.2. The molecule has 0 aliphatic carbocycles. The molecule has 12 heteroatoms. The van der Waals surface area contributed by atoms with Crippen molar-refractivity contribution in [3.8, 4) is 5.75 Å². The van der Waals surface area contributed by atoms with Crippen molar-refractivity contribution in [2.75, 3.05) is 43.2 Å². The number of amides is 3. The molecule has 44 heavy (non-hydrogen) atoms. The van der Waals surface area contributed by atoms with Crippen molar-refractivity contribution in [2.24, 2.45) is 5.92 Å². The van der Waals surface area contributed by atoms with E-state index in [9.17, 15) is 19.5 Å². The molecule has 1 N–H and O–H groups in total. The predicted molar refractivity (Wildman–Crippen MR) is 164 cm³/mol. The first kappa shape index (κ1) is 30.5. The van der Waals surface area contributed by atoms with Crippen LogP contribution < -0.4 is 14.5 Å². The monoisotopic (exact) mass is 625 g/mol. The van der Waals surface area contributed by atoms with Gasteiger partial charge in [-0.05, 0) is 61.8 Å². The Bertz CT molecular complexity index is 1450. The van der Waals surface area contributed by atoms with Gasteiger partial charge in [0, 0.05) is 29.3 Å². The van der Waals surface area contributed by atoms with Gasteiger partial charge in [-0.2, -0.15) is 0 Å². The molecule has 0 radical (unpaired) electrons. The van der Waals surface area contributed by atoms with Crippen LogP contribution in [0.2, 0.25) is 18.6 Å². The van der Waals surface area contributed by atoms with Crippen molar-refractivity contribution >= 4 is 37.7 Å². The summed E-state index contributed by atoms with van der Waals surface area (Å²) in [6.07, 6.45) is 0.291. The van der Waals surface area contributed by atoms with Gasteiger partial charge in [0.2, 0.25) is 14.3 Å². The van der Waals surface area contributed by atoms with Gasteiger partial charge in [-0.1, -0.05) is 19.1 Å². The molecule has 3 amide bonds. The number of likely N-dealkylation sites (tertiary alicyclic amines) is 1. The van der Waals surface area contributed by atoms with Gasteiger partial charge in [0.25, 0.3) is 5.91 Å². The number of anilines is 2. The highest BCUT2D eigenvalue weighted by molar-refractivity contribution is 6.72. The Morgan fingerprint density at radius 2 is 1.91 bits per heavy atom. The lowest BCUT2D eigenvalue weighted by Gasteiger charge is -2.31. The molecule has 6 rings (SSSR count). The van der Waals surface area contributed by atoms with Crippen LogP contribution in [0.4, 0.5) is 20.3 Å². The van der Waals surface area contributed by atoms with Gasteiger partial charge in [-0.15, -0.1) is 0 Å². The molecule has 2 aromatic carbocycles. The normalized spacial score (nSPS) is 28.3. The Hall–Kier alpha value is -3.48. The summed E-state index contributed by atoms with van der Waals surface area (Å²) < 4.78 is 33.5. The van der Waals surface area contributed by atoms with E-state index in [1.165, 1.54) is 0 Å². The Morgan fingerprint density at radius 3 is 2.55 bits per heavy atom. The number of ether oxygens (including phenoxy) is 3. The summed E-state index contributed by atoms with van der Waals surface area (Å²) in [5.74, 6) is -0.487. The molecule has 0 bridgehead atoms. The van der Waals surface area contributed by atoms with Crippen LogP contribution in [-0.4, -0.2) is 81.9 Å². The van der Waals surface area contributed by atoms with E-state index in [0.717, 1.165) is 18.4 Å². The second-order valence-electron chi connectivity index (χ2n) is 12.7. The fraction of sp³-hybridized carbons (Fsp3) is 0.531. The number of nitrogens with zero attached hydrogens (tertiary/aromatic N) is 3. The minimum Gasteiger partial charge on any atom is -0.497 e. The van der Waals surface area contributed by atoms with E-state index in [4.69, 9.17) is 14.2 Å². The van der Waals surface area contributed by atoms with Crippen LogP contribution in [0, 0.1) is 5.92 Å². The molecule has 4 heterocycles. The molecule has 0 aromatic heterocycles. The van der Waals surface area contributed by atoms with E-state index in [1.807, 2.05) is 37.3 Å². The number of aliphatic hydroxyl groups excluding tert-OH is 1. The largest absolute Gasteiger partial charge is 0.497 e. The summed E-state index contributed by atoms with van der Waals surface area (Å²) in [4.78, 5) is 45.1. The number of hydrogen-bond acceptors (Lipinski definition) is 7. The number of hydrogen-bond donors (Lipinski definition) is 1. The average Bonchev–Trinajstić information content (AvgIpc) is 3.76. The summed E-state index contributed by atoms with van der Waals surface area (Å²) >= 11 is 0. The molecular weight excluding hydrogens is 585 g/mol. The third kappa shape index (κ3) is 4.96. The van der Waals surface area contributed by atoms with Crippen molar-refractivity contribution in [3.63, 3.8) is 0 Å². The summed E-state index contributed by atoms with van der Waals surface area (Å²) in [5.41, 5.74) is 0.703. The van der Waals surface area contributed by atoms with Crippen LogP contribution >= 0.6 is 0 Å². The molecule has 5 atom stereocenters. The number of aliphatic hydroxyl groups is 1. The van der Waals surface area contributed by atoms with Crippen LogP contribution in [0.15, 0.2) is 42.5 Å². The summed E-state index contributed by atoms with van der Waals surface area (Å²) in [5, 5.41) is 9.80. The first-order valence-corrected chi connectivity index (χ1v) is 18.3. The molecule has 0 saturated carbocycles. The van der Waals surface area contributed by atoms with Crippen LogP contribution in [0.1, 0.15) is 37.3 Å². The zero-order valence-electron chi connectivity index (χ0n) is 25.6. The fourth-order valence-electron chi connectivity index (χ4n) is 7.75. The number of halogens is 1. The first-order valence-electron chi connectivity index (χ1n) is 15.3. The first-order chi connectivity index (χ1) is 21.0. The fourth-order valence-corrected chi connectivity index (χ4v) is 10.2. The summed E-state index contributed by atoms with van der Waals surface area (Å²) in [7, 11) is -1.91. The lowest BCUT2D eigenvalue weighted by atomic mass is 9.82. The number of carbonyl (C=O) groups excluding carboxylic acids is 3. The second kappa shape index (κ2) is 11.5. The molecule has 236 valence electrons. The Labute approximate surface area is 257 Å². The Kier molecular flexibility index (Phi) is 7.96. The molecule has 3 saturated heterocycles. The summed E-state index contributed by atoms with van der Waals surface area (Å²) in [6.45, 7) is 6.57. The van der Waals surface area contributed by atoms with Gasteiger partial charge in [0.05, 0.1) is 51.1 Å². The number of fused-ring (bicyclic) bond motifs is 2. The van der Waals surface area contributed by atoms with Crippen LogP contribution in [0.5, 0.6) is 5.75 Å². The number of carbonyl (C=O) groups is 3. The SMILES string of the molecule is COc1ccc2c(c1)[C@@]1(O[C@H](CC(=O)N3CCC[C@H]3CO)[C@@H]([Si](C)(C)F)[C@@H]1C)C(=O)N2Cc1ccc(N2CCOC2=O)cc1. The highest BCUT2D eigenvalue weighted by Crippen LogP contribution is 2.60. The molecule has 10 nitrogen and oxygen atoms in total. The molecular formula is C32H40FN3O7Si. The van der Waals surface area contributed by atoms with E-state index in [2.05, 4.69) is 0 Å². The van der Waals surface area contributed by atoms with E-state index in [0.29, 0.717) is 42.4 Å². The van der Waals surface area contributed by atoms with Crippen molar-refractivity contribution in [2.45, 2.75) is 69.1 Å². The van der Waals surface area contributed by atoms with E-state index < -0.39 is 31.6 Å². The van der Waals surface area contributed by atoms with Crippen LogP contribution in [0.3, 0.4) is 0 Å². The minimum atomic E-state index is -3.46. The Morgan fingerprint density at radius 1 is 1.16 bits per heavy atom. The van der Waals surface area contributed by atoms with Crippen molar-refractivity contribution in [1.29, 1.82) is 0 Å². The highest BCUT2D eigenvalue weighted by atomic mass is 28.4. The zero-order chi connectivity index (χ0) is 31.4. The van der Waals surface area contributed by atoms with E-state index >= 15 is 4.11 Å². The van der Waals surface area contributed by atoms with E-state index in [-0.39, 0.29) is 43.5 Å². The van der Waals surface area contributed by atoms with Gasteiger partial charge >= 0.3 is 6.09 Å². The Balaban J connectivity index is 1.34. The molecule has 2 aromatic rings. The average molecular weight is 626 g/mol. The van der Waals surface area contributed by atoms with Gasteiger partial charge in [-0.25, -0.2) is 4.79 Å².